The van der Waals surface area contributed by atoms with Crippen LogP contribution < -0.4 is 4.74 Å². The Morgan fingerprint density at radius 3 is 2.41 bits per heavy atom. The minimum Gasteiger partial charge on any atom is -0.406 e. The monoisotopic (exact) mass is 379 g/mol. The number of allylic oxidation sites excluding steroid dienone is 4. The zero-order chi connectivity index (χ0) is 19.5. The second kappa shape index (κ2) is 10.8. The van der Waals surface area contributed by atoms with Crippen molar-refractivity contribution in [2.75, 3.05) is 0 Å². The van der Waals surface area contributed by atoms with Gasteiger partial charge in [0.25, 0.3) is 0 Å². The highest BCUT2D eigenvalue weighted by atomic mass is 19.4. The smallest absolute Gasteiger partial charge is 0.406 e. The van der Waals surface area contributed by atoms with Crippen molar-refractivity contribution in [3.8, 4) is 11.8 Å². The summed E-state index contributed by atoms with van der Waals surface area (Å²) in [6.07, 6.45) is 9.17. The quantitative estimate of drug-likeness (QED) is 0.406. The van der Waals surface area contributed by atoms with Gasteiger partial charge in [-0.05, 0) is 62.1 Å². The molecule has 0 heterocycles. The van der Waals surface area contributed by atoms with Crippen LogP contribution in [-0.4, -0.2) is 12.5 Å². The summed E-state index contributed by atoms with van der Waals surface area (Å²) in [6.45, 7) is 0.398. The predicted octanol–water partition coefficient (Wildman–Crippen LogP) is 6.08. The van der Waals surface area contributed by atoms with E-state index in [9.17, 15) is 13.2 Å². The van der Waals surface area contributed by atoms with E-state index in [1.54, 1.807) is 18.2 Å². The van der Waals surface area contributed by atoms with Crippen molar-refractivity contribution in [1.82, 2.24) is 0 Å². The molecule has 0 bridgehead atoms. The van der Waals surface area contributed by atoms with Crippen LogP contribution in [0.15, 0.2) is 48.6 Å². The number of hydrogen-bond acceptors (Lipinski definition) is 3. The lowest BCUT2D eigenvalue weighted by Crippen LogP contribution is -2.21. The third-order valence-electron chi connectivity index (χ3n) is 4.60. The van der Waals surface area contributed by atoms with Crippen LogP contribution in [-0.2, 0) is 11.3 Å². The molecule has 1 saturated carbocycles. The number of halogens is 3. The van der Waals surface area contributed by atoms with E-state index in [2.05, 4.69) is 10.8 Å². The van der Waals surface area contributed by atoms with Crippen molar-refractivity contribution in [3.05, 3.63) is 54.1 Å². The van der Waals surface area contributed by atoms with Gasteiger partial charge in [0.15, 0.2) is 0 Å². The van der Waals surface area contributed by atoms with E-state index in [-0.39, 0.29) is 11.9 Å². The summed E-state index contributed by atoms with van der Waals surface area (Å²) < 4.78 is 46.2. The van der Waals surface area contributed by atoms with Gasteiger partial charge in [0.1, 0.15) is 5.75 Å². The molecule has 0 saturated heterocycles. The standard InChI is InChI=1S/C21H24F3NO2/c22-21(23,24)27-20-13-9-18(10-14-20)16-26-19-11-7-17(8-12-19)6-4-2-1-3-5-15-25/h1-3,5,9-10,13-14,17,19H,4,6-8,11-12,16H2/t17-,19-. The van der Waals surface area contributed by atoms with Crippen LogP contribution >= 0.6 is 0 Å². The zero-order valence-corrected chi connectivity index (χ0v) is 15.1. The molecule has 1 fully saturated rings. The number of nitriles is 1. The van der Waals surface area contributed by atoms with E-state index in [0.29, 0.717) is 12.5 Å². The van der Waals surface area contributed by atoms with E-state index < -0.39 is 6.36 Å². The molecule has 0 unspecified atom stereocenters. The molecule has 0 spiro atoms. The highest BCUT2D eigenvalue weighted by molar-refractivity contribution is 5.27. The minimum atomic E-state index is -4.67. The Morgan fingerprint density at radius 2 is 1.78 bits per heavy atom. The first-order chi connectivity index (χ1) is 13.0. The van der Waals surface area contributed by atoms with Gasteiger partial charge in [0.2, 0.25) is 0 Å². The number of ether oxygens (including phenoxy) is 2. The average Bonchev–Trinajstić information content (AvgIpc) is 2.64. The third-order valence-corrected chi connectivity index (χ3v) is 4.60. The Balaban J connectivity index is 1.64. The second-order valence-electron chi connectivity index (χ2n) is 6.64. The highest BCUT2D eigenvalue weighted by Crippen LogP contribution is 2.30. The Hall–Kier alpha value is -2.26. The molecule has 2 rings (SSSR count). The van der Waals surface area contributed by atoms with Crippen LogP contribution in [0.4, 0.5) is 13.2 Å². The summed E-state index contributed by atoms with van der Waals surface area (Å²) in [4.78, 5) is 0. The summed E-state index contributed by atoms with van der Waals surface area (Å²) in [6, 6.07) is 7.76. The van der Waals surface area contributed by atoms with Gasteiger partial charge >= 0.3 is 6.36 Å². The van der Waals surface area contributed by atoms with Gasteiger partial charge in [-0.25, -0.2) is 0 Å². The number of benzene rings is 1. The fourth-order valence-corrected chi connectivity index (χ4v) is 3.19. The largest absolute Gasteiger partial charge is 0.573 e. The van der Waals surface area contributed by atoms with E-state index in [4.69, 9.17) is 10.00 Å². The third kappa shape index (κ3) is 8.78. The molecule has 1 aliphatic carbocycles. The molecule has 0 amide bonds. The van der Waals surface area contributed by atoms with Crippen molar-refractivity contribution in [2.45, 2.75) is 57.6 Å². The van der Waals surface area contributed by atoms with Gasteiger partial charge in [-0.15, -0.1) is 13.2 Å². The fourth-order valence-electron chi connectivity index (χ4n) is 3.19. The molecule has 0 aliphatic heterocycles. The van der Waals surface area contributed by atoms with Crippen LogP contribution in [0.3, 0.4) is 0 Å². The first kappa shape index (κ1) is 21.0. The Kier molecular flexibility index (Phi) is 8.41. The van der Waals surface area contributed by atoms with Gasteiger partial charge in [-0.3, -0.25) is 0 Å². The zero-order valence-electron chi connectivity index (χ0n) is 15.1. The molecule has 146 valence electrons. The summed E-state index contributed by atoms with van der Waals surface area (Å²) in [7, 11) is 0. The first-order valence-electron chi connectivity index (χ1n) is 9.14. The van der Waals surface area contributed by atoms with Crippen LogP contribution in [0.1, 0.15) is 44.1 Å². The fraction of sp³-hybridized carbons (Fsp3) is 0.476. The van der Waals surface area contributed by atoms with Gasteiger partial charge < -0.3 is 9.47 Å². The normalized spacial score (nSPS) is 20.8. The minimum absolute atomic E-state index is 0.210. The lowest BCUT2D eigenvalue weighted by atomic mass is 9.84. The van der Waals surface area contributed by atoms with Crippen LogP contribution in [0.2, 0.25) is 0 Å². The molecule has 0 atom stereocenters. The molecule has 27 heavy (non-hydrogen) atoms. The van der Waals surface area contributed by atoms with E-state index in [1.807, 2.05) is 12.1 Å². The van der Waals surface area contributed by atoms with Gasteiger partial charge in [-0.1, -0.05) is 30.4 Å². The molecule has 0 aromatic heterocycles. The Morgan fingerprint density at radius 1 is 1.07 bits per heavy atom. The molecule has 1 aromatic rings. The summed E-state index contributed by atoms with van der Waals surface area (Å²) in [5.74, 6) is 0.483. The molecule has 1 aliphatic rings. The van der Waals surface area contributed by atoms with Gasteiger partial charge in [-0.2, -0.15) is 5.26 Å². The van der Waals surface area contributed by atoms with Gasteiger partial charge in [0, 0.05) is 6.08 Å². The number of alkyl halides is 3. The number of hydrogen-bond donors (Lipinski definition) is 0. The molecule has 1 aromatic carbocycles. The van der Waals surface area contributed by atoms with Crippen LogP contribution in [0, 0.1) is 17.2 Å². The van der Waals surface area contributed by atoms with E-state index in [0.717, 1.165) is 44.1 Å². The summed E-state index contributed by atoms with van der Waals surface area (Å²) >= 11 is 0. The van der Waals surface area contributed by atoms with Crippen molar-refractivity contribution in [3.63, 3.8) is 0 Å². The molecular formula is C21H24F3NO2. The Labute approximate surface area is 158 Å². The topological polar surface area (TPSA) is 42.2 Å². The molecule has 0 radical (unpaired) electrons. The molecular weight excluding hydrogens is 355 g/mol. The van der Waals surface area contributed by atoms with E-state index >= 15 is 0 Å². The second-order valence-corrected chi connectivity index (χ2v) is 6.64. The maximum absolute atomic E-state index is 12.1. The molecule has 3 nitrogen and oxygen atoms in total. The number of nitrogens with zero attached hydrogens (tertiary/aromatic N) is 1. The molecule has 6 heteroatoms. The lowest BCUT2D eigenvalue weighted by molar-refractivity contribution is -0.274. The van der Waals surface area contributed by atoms with Crippen molar-refractivity contribution in [2.24, 2.45) is 5.92 Å². The summed E-state index contributed by atoms with van der Waals surface area (Å²) in [5.41, 5.74) is 0.835. The van der Waals surface area contributed by atoms with Crippen LogP contribution in [0.5, 0.6) is 5.75 Å². The number of rotatable bonds is 8. The van der Waals surface area contributed by atoms with Gasteiger partial charge in [0.05, 0.1) is 18.8 Å². The van der Waals surface area contributed by atoms with E-state index in [1.165, 1.54) is 18.2 Å². The maximum atomic E-state index is 12.1. The van der Waals surface area contributed by atoms with Crippen molar-refractivity contribution in [1.29, 1.82) is 5.26 Å². The Bertz CT molecular complexity index is 651. The highest BCUT2D eigenvalue weighted by Gasteiger charge is 2.31. The van der Waals surface area contributed by atoms with Crippen molar-refractivity contribution >= 4 is 0 Å². The summed E-state index contributed by atoms with van der Waals surface area (Å²) in [5, 5.41) is 8.39. The van der Waals surface area contributed by atoms with Crippen LogP contribution in [0.25, 0.3) is 0 Å². The average molecular weight is 379 g/mol. The predicted molar refractivity (Wildman–Crippen MR) is 96.8 cm³/mol. The molecule has 0 N–H and O–H groups in total. The first-order valence-corrected chi connectivity index (χ1v) is 9.14. The lowest BCUT2D eigenvalue weighted by Gasteiger charge is -2.28. The SMILES string of the molecule is N#CC=CC=CCC[C@H]1CC[C@H](OCc2ccc(OC(F)(F)F)cc2)CC1. The van der Waals surface area contributed by atoms with Crippen molar-refractivity contribution < 1.29 is 22.6 Å². The maximum Gasteiger partial charge on any atom is 0.573 e.